The van der Waals surface area contributed by atoms with Crippen LogP contribution in [-0.4, -0.2) is 26.8 Å². The quantitative estimate of drug-likeness (QED) is 0.496. The second-order valence-electron chi connectivity index (χ2n) is 2.88. The Morgan fingerprint density at radius 2 is 2.12 bits per heavy atom. The predicted octanol–water partition coefficient (Wildman–Crippen LogP) is 1.24. The summed E-state index contributed by atoms with van der Waals surface area (Å²) < 4.78 is 0. The van der Waals surface area contributed by atoms with Gasteiger partial charge in [0.05, 0.1) is 0 Å². The number of aromatic amines is 1. The van der Waals surface area contributed by atoms with Crippen LogP contribution in [0.2, 0.25) is 0 Å². The second-order valence-corrected chi connectivity index (χ2v) is 2.88. The van der Waals surface area contributed by atoms with Crippen LogP contribution in [-0.2, 0) is 22.4 Å². The van der Waals surface area contributed by atoms with Gasteiger partial charge in [0.25, 0.3) is 0 Å². The van der Waals surface area contributed by atoms with Crippen molar-refractivity contribution in [3.8, 4) is 0 Å². The zero-order valence-corrected chi connectivity index (χ0v) is 10.8. The van der Waals surface area contributed by atoms with Crippen LogP contribution in [0.5, 0.6) is 0 Å². The molecule has 0 aromatic carbocycles. The van der Waals surface area contributed by atoms with Gasteiger partial charge in [0, 0.05) is 40.2 Å². The van der Waals surface area contributed by atoms with Crippen molar-refractivity contribution in [1.29, 1.82) is 0 Å². The molecule has 0 bridgehead atoms. The van der Waals surface area contributed by atoms with Crippen molar-refractivity contribution >= 4 is 11.0 Å². The first-order valence-corrected chi connectivity index (χ1v) is 4.54. The van der Waals surface area contributed by atoms with Crippen molar-refractivity contribution in [2.24, 2.45) is 0 Å². The maximum Gasteiger partial charge on any atom is 0.137 e. The smallest absolute Gasteiger partial charge is 0.137 e. The van der Waals surface area contributed by atoms with E-state index in [-0.39, 0.29) is 29.0 Å². The van der Waals surface area contributed by atoms with Gasteiger partial charge in [-0.25, -0.2) is 4.98 Å². The van der Waals surface area contributed by atoms with E-state index in [1.54, 1.807) is 12.4 Å². The Morgan fingerprint density at radius 3 is 2.69 bits per heavy atom. The Labute approximate surface area is 110 Å². The van der Waals surface area contributed by atoms with Crippen molar-refractivity contribution in [2.75, 3.05) is 6.61 Å². The van der Waals surface area contributed by atoms with Crippen molar-refractivity contribution in [3.05, 3.63) is 43.9 Å². The van der Waals surface area contributed by atoms with Crippen LogP contribution in [0.3, 0.4) is 0 Å². The van der Waals surface area contributed by atoms with Crippen LogP contribution < -0.4 is 0 Å². The number of nitrogens with one attached hydrogen (secondary N) is 1. The van der Waals surface area contributed by atoms with Crippen LogP contribution >= 0.6 is 0 Å². The van der Waals surface area contributed by atoms with Crippen LogP contribution in [0.15, 0.2) is 24.5 Å². The molecule has 2 aromatic rings. The van der Waals surface area contributed by atoms with E-state index in [0.29, 0.717) is 0 Å². The van der Waals surface area contributed by atoms with Gasteiger partial charge >= 0.3 is 0 Å². The minimum Gasteiger partial charge on any atom is -0.428 e. The number of nitrogens with zero attached hydrogens (tertiary/aromatic N) is 1. The molecular formula is C11H14AuN2O2-2. The van der Waals surface area contributed by atoms with E-state index < -0.39 is 6.10 Å². The van der Waals surface area contributed by atoms with Gasteiger partial charge in [0.15, 0.2) is 0 Å². The van der Waals surface area contributed by atoms with Gasteiger partial charge in [-0.1, -0.05) is 6.61 Å². The van der Waals surface area contributed by atoms with Gasteiger partial charge in [-0.3, -0.25) is 0 Å². The minimum absolute atomic E-state index is 0. The topological polar surface area (TPSA) is 69.1 Å². The Kier molecular flexibility index (Phi) is 7.29. The fraction of sp³-hybridized carbons (Fsp3) is 0.182. The normalized spacial score (nSPS) is 11.2. The van der Waals surface area contributed by atoms with Gasteiger partial charge in [-0.2, -0.15) is 0 Å². The fourth-order valence-corrected chi connectivity index (χ4v) is 1.25. The maximum atomic E-state index is 9.25. The molecule has 1 atom stereocenters. The van der Waals surface area contributed by atoms with Crippen LogP contribution in [0, 0.1) is 13.8 Å². The Morgan fingerprint density at radius 1 is 1.50 bits per heavy atom. The fourth-order valence-electron chi connectivity index (χ4n) is 1.25. The molecule has 0 saturated carbocycles. The molecule has 3 N–H and O–H groups in total. The summed E-state index contributed by atoms with van der Waals surface area (Å²) in [6.45, 7) is 6.58. The van der Waals surface area contributed by atoms with Crippen molar-refractivity contribution in [1.82, 2.24) is 9.97 Å². The molecule has 5 heteroatoms. The van der Waals surface area contributed by atoms with E-state index in [4.69, 9.17) is 5.11 Å². The van der Waals surface area contributed by atoms with E-state index in [2.05, 4.69) is 23.8 Å². The molecule has 2 heterocycles. The summed E-state index contributed by atoms with van der Waals surface area (Å²) in [7, 11) is 0. The number of hydrogen-bond donors (Lipinski definition) is 3. The molecule has 4 nitrogen and oxygen atoms in total. The molecule has 1 radical (unpaired) electrons. The zero-order valence-electron chi connectivity index (χ0n) is 8.65. The average Bonchev–Trinajstić information content (AvgIpc) is 2.62. The largest absolute Gasteiger partial charge is 0.428 e. The number of aromatic nitrogens is 2. The molecule has 0 aliphatic rings. The van der Waals surface area contributed by atoms with E-state index in [1.165, 1.54) is 0 Å². The van der Waals surface area contributed by atoms with Crippen molar-refractivity contribution in [2.45, 2.75) is 6.10 Å². The van der Waals surface area contributed by atoms with Gasteiger partial charge in [0.2, 0.25) is 0 Å². The Bertz CT molecular complexity index is 415. The molecular weight excluding hydrogens is 389 g/mol. The first kappa shape index (κ1) is 15.4. The molecule has 0 spiro atoms. The first-order valence-electron chi connectivity index (χ1n) is 4.54. The molecule has 93 valence electrons. The molecule has 16 heavy (non-hydrogen) atoms. The van der Waals surface area contributed by atoms with Crippen molar-refractivity contribution < 1.29 is 32.6 Å². The van der Waals surface area contributed by atoms with Crippen molar-refractivity contribution in [3.63, 3.8) is 0 Å². The SMILES string of the molecule is [Au].[CH2-]C(O)c1c[nH]c2ncccc12.[CH2-]CO. The van der Waals surface area contributed by atoms with E-state index in [0.717, 1.165) is 16.6 Å². The summed E-state index contributed by atoms with van der Waals surface area (Å²) in [5.74, 6) is 0. The van der Waals surface area contributed by atoms with Crippen LogP contribution in [0.4, 0.5) is 0 Å². The third kappa shape index (κ3) is 3.73. The number of fused-ring (bicyclic) bond motifs is 1. The monoisotopic (exact) mass is 403 g/mol. The average molecular weight is 403 g/mol. The number of hydrogen-bond acceptors (Lipinski definition) is 3. The third-order valence-electron chi connectivity index (χ3n) is 1.84. The number of aliphatic hydroxyl groups is 2. The van der Waals surface area contributed by atoms with Crippen LogP contribution in [0.1, 0.15) is 11.7 Å². The molecule has 0 aliphatic heterocycles. The van der Waals surface area contributed by atoms with Gasteiger partial charge < -0.3 is 29.0 Å². The number of H-pyrrole nitrogens is 1. The third-order valence-corrected chi connectivity index (χ3v) is 1.84. The van der Waals surface area contributed by atoms with E-state index in [9.17, 15) is 5.11 Å². The van der Waals surface area contributed by atoms with Gasteiger partial charge in [-0.05, 0) is 23.8 Å². The van der Waals surface area contributed by atoms with Gasteiger partial charge in [0.1, 0.15) is 5.65 Å². The maximum absolute atomic E-state index is 9.25. The minimum atomic E-state index is -0.692. The second kappa shape index (κ2) is 7.60. The van der Waals surface area contributed by atoms with E-state index >= 15 is 0 Å². The Hall–Kier alpha value is -0.650. The summed E-state index contributed by atoms with van der Waals surface area (Å²) in [6.07, 6.45) is 2.75. The van der Waals surface area contributed by atoms with E-state index in [1.807, 2.05) is 12.1 Å². The first-order chi connectivity index (χ1) is 7.20. The molecule has 0 fully saturated rings. The summed E-state index contributed by atoms with van der Waals surface area (Å²) in [5.41, 5.74) is 1.58. The molecule has 0 saturated heterocycles. The standard InChI is InChI=1S/C9H9N2O.C2H5O.Au/c1-6(12)8-5-11-9-7(8)3-2-4-10-9;1-2-3;/h2-6,12H,1H2,(H,10,11);3H,1-2H2;/q2*-1;. The number of aliphatic hydroxyl groups excluding tert-OH is 2. The number of rotatable bonds is 1. The molecule has 2 rings (SSSR count). The molecule has 1 unspecified atom stereocenters. The summed E-state index contributed by atoms with van der Waals surface area (Å²) in [4.78, 5) is 7.05. The van der Waals surface area contributed by atoms with Gasteiger partial charge in [-0.15, -0.1) is 0 Å². The zero-order chi connectivity index (χ0) is 11.3. The molecule has 0 amide bonds. The molecule has 2 aromatic heterocycles. The summed E-state index contributed by atoms with van der Waals surface area (Å²) in [5, 5.41) is 17.6. The summed E-state index contributed by atoms with van der Waals surface area (Å²) in [6, 6.07) is 3.74. The summed E-state index contributed by atoms with van der Waals surface area (Å²) >= 11 is 0. The van der Waals surface area contributed by atoms with Crippen LogP contribution in [0.25, 0.3) is 11.0 Å². The predicted molar refractivity (Wildman–Crippen MR) is 58.9 cm³/mol. The number of pyridine rings is 1. The molecule has 0 aliphatic carbocycles. The Balaban J connectivity index is 0.000000511.